The summed E-state index contributed by atoms with van der Waals surface area (Å²) in [4.78, 5) is 13.6. The standard InChI is InChI=1S/C37H38F3N3O2SSi/c1-21(2)47(22(3)4,23(5)6)15-14-28-31(39)13-12-24-17-27(45-20-44-7)18-29(32(24)28)35-33(40)36-30(19-41-35)34(42-37(43-36)46-8)25-10-9-11-26(38)16-25/h9-13,16-19,21-23H,20H2,1-8H3. The van der Waals surface area contributed by atoms with E-state index in [0.29, 0.717) is 60.5 Å². The van der Waals surface area contributed by atoms with E-state index in [1.807, 2.05) is 0 Å². The van der Waals surface area contributed by atoms with Crippen molar-refractivity contribution in [3.63, 3.8) is 0 Å². The molecule has 0 saturated carbocycles. The Morgan fingerprint density at radius 3 is 2.26 bits per heavy atom. The van der Waals surface area contributed by atoms with Gasteiger partial charge < -0.3 is 9.47 Å². The van der Waals surface area contributed by atoms with E-state index in [9.17, 15) is 4.39 Å². The van der Waals surface area contributed by atoms with Crippen molar-refractivity contribution in [1.82, 2.24) is 15.0 Å². The number of aromatic nitrogens is 3. The molecule has 3 aromatic carbocycles. The Labute approximate surface area is 279 Å². The van der Waals surface area contributed by atoms with Gasteiger partial charge in [-0.3, -0.25) is 4.98 Å². The summed E-state index contributed by atoms with van der Waals surface area (Å²) >= 11 is 1.24. The summed E-state index contributed by atoms with van der Waals surface area (Å²) in [5, 5.41) is 1.67. The highest BCUT2D eigenvalue weighted by Crippen LogP contribution is 2.42. The summed E-state index contributed by atoms with van der Waals surface area (Å²) in [7, 11) is -0.748. The van der Waals surface area contributed by atoms with Gasteiger partial charge in [0.15, 0.2) is 17.8 Å². The van der Waals surface area contributed by atoms with Crippen LogP contribution in [0.4, 0.5) is 13.2 Å². The maximum absolute atomic E-state index is 16.9. The molecular weight excluding hydrogens is 636 g/mol. The smallest absolute Gasteiger partial charge is 0.188 e. The zero-order valence-corrected chi connectivity index (χ0v) is 29.7. The number of nitrogens with zero attached hydrogens (tertiary/aromatic N) is 3. The van der Waals surface area contributed by atoms with Crippen molar-refractivity contribution in [3.8, 4) is 39.7 Å². The molecule has 0 amide bonds. The van der Waals surface area contributed by atoms with Gasteiger partial charge in [-0.1, -0.05) is 77.4 Å². The van der Waals surface area contributed by atoms with Crippen LogP contribution >= 0.6 is 11.8 Å². The zero-order chi connectivity index (χ0) is 34.0. The van der Waals surface area contributed by atoms with Crippen molar-refractivity contribution in [2.45, 2.75) is 63.3 Å². The maximum Gasteiger partial charge on any atom is 0.188 e. The number of thioether (sulfide) groups is 1. The molecule has 0 aliphatic rings. The third-order valence-electron chi connectivity index (χ3n) is 8.85. The van der Waals surface area contributed by atoms with Gasteiger partial charge in [0, 0.05) is 35.2 Å². The maximum atomic E-state index is 16.9. The quantitative estimate of drug-likeness (QED) is 0.0510. The highest BCUT2D eigenvalue weighted by atomic mass is 32.2. The molecule has 0 aliphatic carbocycles. The summed E-state index contributed by atoms with van der Waals surface area (Å²) in [6.07, 6.45) is 3.26. The SMILES string of the molecule is COCOc1cc(-c2ncc3c(-c4cccc(F)c4)nc(SC)nc3c2F)c2c(C#C[Si](C(C)C)(C(C)C)C(C)C)c(F)ccc2c1. The van der Waals surface area contributed by atoms with E-state index in [0.717, 1.165) is 0 Å². The van der Waals surface area contributed by atoms with Crippen LogP contribution in [-0.4, -0.2) is 43.2 Å². The van der Waals surface area contributed by atoms with Crippen LogP contribution < -0.4 is 4.74 Å². The zero-order valence-electron chi connectivity index (χ0n) is 27.8. The molecular formula is C37H38F3N3O2SSi. The van der Waals surface area contributed by atoms with Gasteiger partial charge >= 0.3 is 0 Å². The van der Waals surface area contributed by atoms with E-state index in [4.69, 9.17) is 9.47 Å². The van der Waals surface area contributed by atoms with E-state index in [2.05, 4.69) is 68.0 Å². The molecule has 2 aromatic heterocycles. The topological polar surface area (TPSA) is 57.1 Å². The van der Waals surface area contributed by atoms with Gasteiger partial charge in [0.2, 0.25) is 0 Å². The molecule has 47 heavy (non-hydrogen) atoms. The molecule has 10 heteroatoms. The molecule has 2 heterocycles. The summed E-state index contributed by atoms with van der Waals surface area (Å²) in [6.45, 7) is 13.1. The first-order chi connectivity index (χ1) is 22.4. The van der Waals surface area contributed by atoms with Gasteiger partial charge in [0.05, 0.1) is 11.3 Å². The highest BCUT2D eigenvalue weighted by Gasteiger charge is 2.41. The number of hydrogen-bond acceptors (Lipinski definition) is 6. The Bertz CT molecular complexity index is 2000. The van der Waals surface area contributed by atoms with Gasteiger partial charge in [-0.25, -0.2) is 23.1 Å². The molecule has 0 saturated heterocycles. The van der Waals surface area contributed by atoms with Gasteiger partial charge in [0.25, 0.3) is 0 Å². The van der Waals surface area contributed by atoms with Crippen LogP contribution in [0.3, 0.4) is 0 Å². The first kappa shape index (κ1) is 34.4. The monoisotopic (exact) mass is 673 g/mol. The normalized spacial score (nSPS) is 12.0. The fraction of sp³-hybridized carbons (Fsp3) is 0.324. The third-order valence-corrected chi connectivity index (χ3v) is 15.7. The Hall–Kier alpha value is -3.91. The van der Waals surface area contributed by atoms with Crippen molar-refractivity contribution in [2.24, 2.45) is 0 Å². The molecule has 0 unspecified atom stereocenters. The Balaban J connectivity index is 1.85. The fourth-order valence-corrected chi connectivity index (χ4v) is 12.3. The minimum atomic E-state index is -2.25. The molecule has 0 N–H and O–H groups in total. The number of pyridine rings is 1. The highest BCUT2D eigenvalue weighted by molar-refractivity contribution is 7.98. The summed E-state index contributed by atoms with van der Waals surface area (Å²) in [5.41, 5.74) is 5.90. The number of fused-ring (bicyclic) bond motifs is 2. The van der Waals surface area contributed by atoms with Crippen LogP contribution in [0.15, 0.2) is 59.9 Å². The van der Waals surface area contributed by atoms with Gasteiger partial charge in [-0.2, -0.15) is 0 Å². The molecule has 0 spiro atoms. The lowest BCUT2D eigenvalue weighted by Gasteiger charge is -2.38. The molecule has 5 aromatic rings. The lowest BCUT2D eigenvalue weighted by atomic mass is 9.95. The second kappa shape index (κ2) is 14.1. The number of methoxy groups -OCH3 is 1. The first-order valence-electron chi connectivity index (χ1n) is 15.5. The molecule has 0 fully saturated rings. The number of halogens is 3. The van der Waals surface area contributed by atoms with E-state index < -0.39 is 25.5 Å². The Morgan fingerprint density at radius 2 is 1.62 bits per heavy atom. The first-order valence-corrected chi connectivity index (χ1v) is 19.0. The van der Waals surface area contributed by atoms with Crippen LogP contribution in [0.1, 0.15) is 47.1 Å². The van der Waals surface area contributed by atoms with Gasteiger partial charge in [-0.15, -0.1) is 5.54 Å². The Morgan fingerprint density at radius 1 is 0.894 bits per heavy atom. The van der Waals surface area contributed by atoms with E-state index in [1.54, 1.807) is 36.6 Å². The van der Waals surface area contributed by atoms with E-state index in [-0.39, 0.29) is 23.6 Å². The second-order valence-electron chi connectivity index (χ2n) is 12.4. The van der Waals surface area contributed by atoms with Crippen molar-refractivity contribution >= 4 is 41.5 Å². The van der Waals surface area contributed by atoms with Gasteiger partial charge in [0.1, 0.15) is 36.7 Å². The second-order valence-corrected chi connectivity index (χ2v) is 18.8. The molecule has 0 radical (unpaired) electrons. The molecule has 5 nitrogen and oxygen atoms in total. The minimum absolute atomic E-state index is 0.0138. The number of ether oxygens (including phenoxy) is 2. The fourth-order valence-electron chi connectivity index (χ4n) is 6.71. The number of hydrogen-bond donors (Lipinski definition) is 0. The van der Waals surface area contributed by atoms with Crippen molar-refractivity contribution in [3.05, 3.63) is 77.7 Å². The minimum Gasteiger partial charge on any atom is -0.468 e. The molecule has 0 aliphatic heterocycles. The number of rotatable bonds is 9. The molecule has 244 valence electrons. The van der Waals surface area contributed by atoms with Crippen molar-refractivity contribution in [2.75, 3.05) is 20.2 Å². The average molecular weight is 674 g/mol. The van der Waals surface area contributed by atoms with E-state index >= 15 is 8.78 Å². The summed E-state index contributed by atoms with van der Waals surface area (Å²) in [6, 6.07) is 12.3. The summed E-state index contributed by atoms with van der Waals surface area (Å²) in [5.74, 6) is 2.01. The van der Waals surface area contributed by atoms with Crippen molar-refractivity contribution < 1.29 is 22.6 Å². The largest absolute Gasteiger partial charge is 0.468 e. The van der Waals surface area contributed by atoms with Crippen LogP contribution in [-0.2, 0) is 4.74 Å². The van der Waals surface area contributed by atoms with Gasteiger partial charge in [-0.05, 0) is 58.6 Å². The average Bonchev–Trinajstić information content (AvgIpc) is 3.04. The predicted octanol–water partition coefficient (Wildman–Crippen LogP) is 10.2. The van der Waals surface area contributed by atoms with Crippen molar-refractivity contribution in [1.29, 1.82) is 0 Å². The Kier molecular flexibility index (Phi) is 10.3. The van der Waals surface area contributed by atoms with Crippen LogP contribution in [0.2, 0.25) is 16.6 Å². The lowest BCUT2D eigenvalue weighted by molar-refractivity contribution is 0.0512. The molecule has 0 bridgehead atoms. The molecule has 0 atom stereocenters. The molecule has 5 rings (SSSR count). The van der Waals surface area contributed by atoms with Crippen LogP contribution in [0.5, 0.6) is 5.75 Å². The third kappa shape index (κ3) is 6.49. The predicted molar refractivity (Wildman–Crippen MR) is 188 cm³/mol. The van der Waals surface area contributed by atoms with Crippen LogP contribution in [0, 0.1) is 28.9 Å². The number of benzene rings is 3. The van der Waals surface area contributed by atoms with Crippen LogP contribution in [0.25, 0.3) is 44.2 Å². The van der Waals surface area contributed by atoms with E-state index in [1.165, 1.54) is 43.3 Å². The lowest BCUT2D eigenvalue weighted by Crippen LogP contribution is -2.43. The summed E-state index contributed by atoms with van der Waals surface area (Å²) < 4.78 is 57.9.